The van der Waals surface area contributed by atoms with Crippen molar-refractivity contribution in [3.8, 4) is 10.4 Å². The van der Waals surface area contributed by atoms with E-state index in [-0.39, 0.29) is 54.6 Å². The Hall–Kier alpha value is -6.27. The van der Waals surface area contributed by atoms with Crippen molar-refractivity contribution in [2.75, 3.05) is 44.2 Å². The van der Waals surface area contributed by atoms with Gasteiger partial charge in [-0.25, -0.2) is 15.0 Å². The summed E-state index contributed by atoms with van der Waals surface area (Å²) in [6, 6.07) is 11.8. The number of carbonyl (C=O) groups is 5. The van der Waals surface area contributed by atoms with Crippen molar-refractivity contribution in [3.63, 3.8) is 0 Å². The smallest absolute Gasteiger partial charge is 0.268 e. The minimum Gasteiger partial charge on any atom is -0.391 e. The largest absolute Gasteiger partial charge is 0.391 e. The molecule has 1 aromatic carbocycles. The molecule has 7 heterocycles. The van der Waals surface area contributed by atoms with Crippen LogP contribution in [0.25, 0.3) is 21.5 Å². The molecule has 4 atom stereocenters. The van der Waals surface area contributed by atoms with Crippen LogP contribution >= 0.6 is 11.3 Å². The molecule has 17 nitrogen and oxygen atoms in total. The number of nitrogens with one attached hydrogen (secondary N) is 3. The highest BCUT2D eigenvalue weighted by Gasteiger charge is 2.45. The molecular weight excluding hydrogens is 919 g/mol. The van der Waals surface area contributed by atoms with Gasteiger partial charge in [-0.2, -0.15) is 0 Å². The quantitative estimate of drug-likeness (QED) is 0.0974. The molecule has 1 saturated carbocycles. The lowest BCUT2D eigenvalue weighted by Gasteiger charge is -2.42. The number of β-amino-alcohol motifs (C(OH)–C–C–N with tert-alkyl or cyclic N) is 1. The van der Waals surface area contributed by atoms with Crippen LogP contribution in [0.5, 0.6) is 0 Å². The van der Waals surface area contributed by atoms with E-state index in [0.717, 1.165) is 69.8 Å². The number of likely N-dealkylation sites (tertiary alicyclic amines) is 1. The molecule has 0 unspecified atom stereocenters. The van der Waals surface area contributed by atoms with E-state index < -0.39 is 29.5 Å². The maximum absolute atomic E-state index is 14.2. The third kappa shape index (κ3) is 10.8. The van der Waals surface area contributed by atoms with Gasteiger partial charge in [0.2, 0.25) is 23.6 Å². The maximum Gasteiger partial charge on any atom is 0.268 e. The molecule has 1 aliphatic carbocycles. The number of anilines is 1. The van der Waals surface area contributed by atoms with Gasteiger partial charge in [-0.3, -0.25) is 29.0 Å². The van der Waals surface area contributed by atoms with E-state index in [1.165, 1.54) is 11.3 Å². The minimum atomic E-state index is -0.930. The number of piperazine rings is 1. The highest BCUT2D eigenvalue weighted by molar-refractivity contribution is 7.13. The highest BCUT2D eigenvalue weighted by atomic mass is 32.1. The zero-order chi connectivity index (χ0) is 50.0. The molecule has 3 fully saturated rings. The summed E-state index contributed by atoms with van der Waals surface area (Å²) in [7, 11) is 0. The summed E-state index contributed by atoms with van der Waals surface area (Å²) in [6.45, 7) is 12.6. The first-order chi connectivity index (χ1) is 34.1. The van der Waals surface area contributed by atoms with Crippen molar-refractivity contribution >= 4 is 57.6 Å². The van der Waals surface area contributed by atoms with Gasteiger partial charge in [0.25, 0.3) is 5.91 Å². The van der Waals surface area contributed by atoms with Crippen molar-refractivity contribution < 1.29 is 29.1 Å². The van der Waals surface area contributed by atoms with Gasteiger partial charge in [0.05, 0.1) is 52.1 Å². The summed E-state index contributed by atoms with van der Waals surface area (Å²) >= 11 is 1.58. The summed E-state index contributed by atoms with van der Waals surface area (Å²) in [5, 5.41) is 20.7. The van der Waals surface area contributed by atoms with Crippen molar-refractivity contribution in [1.29, 1.82) is 0 Å². The van der Waals surface area contributed by atoms with Gasteiger partial charge in [0, 0.05) is 75.8 Å². The van der Waals surface area contributed by atoms with Gasteiger partial charge >= 0.3 is 0 Å². The van der Waals surface area contributed by atoms with Crippen molar-refractivity contribution in [2.24, 2.45) is 5.41 Å². The Labute approximate surface area is 419 Å². The summed E-state index contributed by atoms with van der Waals surface area (Å²) in [5.74, 6) is -0.428. The first kappa shape index (κ1) is 49.7. The van der Waals surface area contributed by atoms with Crippen LogP contribution < -0.4 is 20.9 Å². The molecular formula is C53H67N11O6S. The molecule has 1 spiro atoms. The molecule has 9 rings (SSSR count). The normalized spacial score (nSPS) is 19.9. The number of thiazole rings is 1. The number of aliphatic hydroxyl groups is 1. The van der Waals surface area contributed by atoms with Gasteiger partial charge in [-0.05, 0) is 74.3 Å². The third-order valence-electron chi connectivity index (χ3n) is 14.9. The number of rotatable bonds is 14. The Kier molecular flexibility index (Phi) is 14.6. The van der Waals surface area contributed by atoms with Crippen LogP contribution in [0, 0.1) is 12.3 Å². The number of carbonyl (C=O) groups excluding carboxylic acids is 5. The molecule has 5 aromatic rings. The SMILES string of the molecule is Cc1ncsc1-c1ccc([C@H](C)NC(=O)[C@@H]2C[C@@H](O)CN2C(=O)[C@@H](NC(=O)CCCCC(=O)N2CCN(c3ccc(Cc4ncc5cc6n(c5n4)C4(CCCCC4)CNC6=O)nc3)CC2)C(C)(C)C)cc1. The molecule has 3 aliphatic heterocycles. The number of hydrogen-bond acceptors (Lipinski definition) is 12. The van der Waals surface area contributed by atoms with Crippen LogP contribution in [-0.2, 0) is 31.1 Å². The van der Waals surface area contributed by atoms with E-state index in [0.29, 0.717) is 69.9 Å². The number of aryl methyl sites for hydroxylation is 1. The van der Waals surface area contributed by atoms with Crippen molar-refractivity contribution in [1.82, 2.24) is 50.3 Å². The van der Waals surface area contributed by atoms with Crippen LogP contribution in [0.3, 0.4) is 0 Å². The molecule has 376 valence electrons. The number of hydrogen-bond donors (Lipinski definition) is 4. The number of amides is 5. The Balaban J connectivity index is 0.716. The number of nitrogens with zero attached hydrogens (tertiary/aromatic N) is 8. The van der Waals surface area contributed by atoms with E-state index in [2.05, 4.69) is 41.5 Å². The first-order valence-corrected chi connectivity index (χ1v) is 26.2. The van der Waals surface area contributed by atoms with Gasteiger partial charge in [-0.15, -0.1) is 11.3 Å². The lowest BCUT2D eigenvalue weighted by molar-refractivity contribution is -0.144. The van der Waals surface area contributed by atoms with Crippen molar-refractivity contribution in [2.45, 2.75) is 135 Å². The molecule has 4 aliphatic rings. The maximum atomic E-state index is 14.2. The van der Waals surface area contributed by atoms with Crippen LogP contribution in [0.2, 0.25) is 0 Å². The Morgan fingerprint density at radius 3 is 2.37 bits per heavy atom. The average Bonchev–Trinajstić information content (AvgIpc) is 4.10. The molecule has 4 N–H and O–H groups in total. The lowest BCUT2D eigenvalue weighted by Crippen LogP contribution is -2.57. The molecule has 71 heavy (non-hydrogen) atoms. The van der Waals surface area contributed by atoms with Gasteiger partial charge in [0.15, 0.2) is 0 Å². The second kappa shape index (κ2) is 20.8. The lowest BCUT2D eigenvalue weighted by atomic mass is 9.80. The molecule has 5 amide bonds. The average molecular weight is 986 g/mol. The van der Waals surface area contributed by atoms with Crippen LogP contribution in [0.4, 0.5) is 5.69 Å². The molecule has 4 aromatic heterocycles. The topological polar surface area (TPSA) is 208 Å². The predicted octanol–water partition coefficient (Wildman–Crippen LogP) is 5.83. The number of pyridine rings is 1. The Morgan fingerprint density at radius 2 is 1.68 bits per heavy atom. The number of aliphatic hydroxyl groups excluding tert-OH is 1. The second-order valence-electron chi connectivity index (χ2n) is 21.0. The summed E-state index contributed by atoms with van der Waals surface area (Å²) in [4.78, 5) is 92.8. The molecule has 2 saturated heterocycles. The Bertz CT molecular complexity index is 2750. The minimum absolute atomic E-state index is 0.00872. The monoisotopic (exact) mass is 985 g/mol. The Morgan fingerprint density at radius 1 is 0.930 bits per heavy atom. The fraction of sp³-hybridized carbons (Fsp3) is 0.528. The number of unbranched alkanes of at least 4 members (excludes halogenated alkanes) is 1. The zero-order valence-electron chi connectivity index (χ0n) is 41.6. The zero-order valence-corrected chi connectivity index (χ0v) is 42.4. The van der Waals surface area contributed by atoms with E-state index in [4.69, 9.17) is 9.97 Å². The summed E-state index contributed by atoms with van der Waals surface area (Å²) < 4.78 is 2.19. The van der Waals surface area contributed by atoms with Crippen LogP contribution in [0.15, 0.2) is 60.4 Å². The fourth-order valence-corrected chi connectivity index (χ4v) is 11.6. The second-order valence-corrected chi connectivity index (χ2v) is 21.9. The summed E-state index contributed by atoms with van der Waals surface area (Å²) in [5.41, 5.74) is 7.22. The molecule has 0 bridgehead atoms. The highest BCUT2D eigenvalue weighted by Crippen LogP contribution is 2.40. The van der Waals surface area contributed by atoms with E-state index in [1.54, 1.807) is 11.3 Å². The predicted molar refractivity (Wildman–Crippen MR) is 272 cm³/mol. The van der Waals surface area contributed by atoms with Gasteiger partial charge < -0.3 is 40.3 Å². The number of benzene rings is 1. The molecule has 18 heteroatoms. The number of fused-ring (bicyclic) bond motifs is 4. The number of aromatic nitrogens is 5. The van der Waals surface area contributed by atoms with Crippen LogP contribution in [0.1, 0.15) is 131 Å². The third-order valence-corrected chi connectivity index (χ3v) is 15.9. The van der Waals surface area contributed by atoms with Gasteiger partial charge in [0.1, 0.15) is 29.2 Å². The first-order valence-electron chi connectivity index (χ1n) is 25.3. The van der Waals surface area contributed by atoms with E-state index in [9.17, 15) is 29.1 Å². The fourth-order valence-electron chi connectivity index (χ4n) is 10.8. The van der Waals surface area contributed by atoms with E-state index in [1.807, 2.05) is 93.8 Å². The van der Waals surface area contributed by atoms with E-state index >= 15 is 0 Å². The summed E-state index contributed by atoms with van der Waals surface area (Å²) in [6.07, 6.45) is 10.4. The van der Waals surface area contributed by atoms with Crippen LogP contribution in [-0.4, -0.2) is 126 Å². The van der Waals surface area contributed by atoms with Gasteiger partial charge in [-0.1, -0.05) is 64.3 Å². The van der Waals surface area contributed by atoms with Crippen molar-refractivity contribution in [3.05, 3.63) is 88.8 Å². The standard InChI is InChI=1S/C53H67N11O6S/c1-33(35-13-15-36(16-14-35)46-34(2)57-32-71-46)58-50(69)41-27-40(65)30-63(41)51(70)47(52(3,4)5)60-44(66)11-7-8-12-45(67)62-23-21-61(22-24-62)39-18-17-38(54-29-39)26-43-55-28-37-25-42-49(68)56-31-53(19-9-6-10-20-53)64(42)48(37)59-43/h13-18,25,28-29,32-33,40-41,47,65H,6-12,19-24,26-27,30-31H2,1-5H3,(H,56,68)(H,58,69)(H,60,66)/t33-,40+,41-,47+/m0/s1. The molecule has 0 radical (unpaired) electrons.